The molecule has 24 heavy (non-hydrogen) atoms. The average Bonchev–Trinajstić information content (AvgIpc) is 2.60. The third kappa shape index (κ3) is 3.66. The van der Waals surface area contributed by atoms with Crippen molar-refractivity contribution in [3.63, 3.8) is 0 Å². The average molecular weight is 327 g/mol. The molecule has 4 nitrogen and oxygen atoms in total. The van der Waals surface area contributed by atoms with Gasteiger partial charge in [-0.05, 0) is 24.0 Å². The molecule has 2 rings (SSSR count). The Morgan fingerprint density at radius 2 is 1.38 bits per heavy atom. The van der Waals surface area contributed by atoms with E-state index in [9.17, 15) is 15.0 Å². The van der Waals surface area contributed by atoms with Crippen molar-refractivity contribution < 1.29 is 15.0 Å². The van der Waals surface area contributed by atoms with E-state index in [0.717, 1.165) is 0 Å². The van der Waals surface area contributed by atoms with Crippen molar-refractivity contribution in [1.82, 2.24) is 5.32 Å². The minimum Gasteiger partial charge on any atom is -0.388 e. The lowest BCUT2D eigenvalue weighted by molar-refractivity contribution is -0.138. The molecule has 0 fully saturated rings. The number of benzene rings is 2. The second-order valence-electron chi connectivity index (χ2n) is 6.64. The smallest absolute Gasteiger partial charge is 0.261 e. The Morgan fingerprint density at radius 1 is 0.958 bits per heavy atom. The van der Waals surface area contributed by atoms with Gasteiger partial charge in [0.25, 0.3) is 5.91 Å². The van der Waals surface area contributed by atoms with Crippen LogP contribution in [0.4, 0.5) is 0 Å². The zero-order chi connectivity index (χ0) is 17.8. The van der Waals surface area contributed by atoms with Gasteiger partial charge in [0.05, 0.1) is 5.60 Å². The summed E-state index contributed by atoms with van der Waals surface area (Å²) in [6.45, 7) is 5.49. The lowest BCUT2D eigenvalue weighted by atomic mass is 9.85. The number of amides is 1. The van der Waals surface area contributed by atoms with E-state index in [0.29, 0.717) is 11.1 Å². The highest BCUT2D eigenvalue weighted by Gasteiger charge is 2.40. The van der Waals surface area contributed by atoms with Gasteiger partial charge < -0.3 is 15.5 Å². The quantitative estimate of drug-likeness (QED) is 0.763. The van der Waals surface area contributed by atoms with Crippen molar-refractivity contribution in [2.45, 2.75) is 32.0 Å². The van der Waals surface area contributed by atoms with Gasteiger partial charge in [-0.3, -0.25) is 4.79 Å². The molecule has 3 N–H and O–H groups in total. The summed E-state index contributed by atoms with van der Waals surface area (Å²) in [4.78, 5) is 12.9. The fourth-order valence-electron chi connectivity index (χ4n) is 2.38. The summed E-state index contributed by atoms with van der Waals surface area (Å²) in [5.74, 6) is -0.583. The Hall–Kier alpha value is -2.17. The van der Waals surface area contributed by atoms with Gasteiger partial charge in [-0.1, -0.05) is 74.5 Å². The molecule has 0 aromatic heterocycles. The second kappa shape index (κ2) is 7.16. The topological polar surface area (TPSA) is 69.6 Å². The van der Waals surface area contributed by atoms with Gasteiger partial charge in [-0.15, -0.1) is 0 Å². The Kier molecular flexibility index (Phi) is 5.42. The first-order valence-electron chi connectivity index (χ1n) is 8.12. The fraction of sp³-hybridized carbons (Fsp3) is 0.350. The van der Waals surface area contributed by atoms with Crippen molar-refractivity contribution in [1.29, 1.82) is 0 Å². The zero-order valence-corrected chi connectivity index (χ0v) is 14.4. The molecule has 0 radical (unpaired) electrons. The molecule has 4 heteroatoms. The van der Waals surface area contributed by atoms with Gasteiger partial charge in [0.1, 0.15) is 0 Å². The van der Waals surface area contributed by atoms with E-state index in [1.807, 2.05) is 26.0 Å². The van der Waals surface area contributed by atoms with E-state index >= 15 is 0 Å². The number of hydrogen-bond acceptors (Lipinski definition) is 3. The third-order valence-electron chi connectivity index (χ3n) is 4.56. The van der Waals surface area contributed by atoms with E-state index in [1.165, 1.54) is 0 Å². The van der Waals surface area contributed by atoms with Crippen LogP contribution in [0.5, 0.6) is 0 Å². The summed E-state index contributed by atoms with van der Waals surface area (Å²) >= 11 is 0. The lowest BCUT2D eigenvalue weighted by Gasteiger charge is -2.32. The van der Waals surface area contributed by atoms with Gasteiger partial charge in [0, 0.05) is 6.54 Å². The monoisotopic (exact) mass is 327 g/mol. The normalized spacial score (nSPS) is 14.2. The van der Waals surface area contributed by atoms with E-state index in [4.69, 9.17) is 0 Å². The molecule has 0 spiro atoms. The zero-order valence-electron chi connectivity index (χ0n) is 14.4. The van der Waals surface area contributed by atoms with Gasteiger partial charge in [0.2, 0.25) is 0 Å². The molecule has 2 aromatic rings. The SMILES string of the molecule is CC(C)C(C)(O)CNC(=O)C(O)(c1ccccc1)c1ccccc1. The van der Waals surface area contributed by atoms with Gasteiger partial charge in [-0.25, -0.2) is 0 Å². The van der Waals surface area contributed by atoms with Crippen LogP contribution >= 0.6 is 0 Å². The number of aliphatic hydroxyl groups is 2. The largest absolute Gasteiger partial charge is 0.388 e. The van der Waals surface area contributed by atoms with Crippen LogP contribution in [0.3, 0.4) is 0 Å². The van der Waals surface area contributed by atoms with Crippen LogP contribution in [-0.4, -0.2) is 28.3 Å². The van der Waals surface area contributed by atoms with Crippen LogP contribution < -0.4 is 5.32 Å². The van der Waals surface area contributed by atoms with Gasteiger partial charge in [0.15, 0.2) is 5.60 Å². The van der Waals surface area contributed by atoms with E-state index in [-0.39, 0.29) is 12.5 Å². The predicted molar refractivity (Wildman–Crippen MR) is 94.4 cm³/mol. The van der Waals surface area contributed by atoms with Crippen LogP contribution in [0.2, 0.25) is 0 Å². The standard InChI is InChI=1S/C20H25NO3/c1-15(2)19(3,23)14-21-18(22)20(24,16-10-6-4-7-11-16)17-12-8-5-9-13-17/h4-13,15,23-24H,14H2,1-3H3,(H,21,22). The molecule has 0 aliphatic heterocycles. The highest BCUT2D eigenvalue weighted by Crippen LogP contribution is 2.30. The Morgan fingerprint density at radius 3 is 1.75 bits per heavy atom. The van der Waals surface area contributed by atoms with Crippen LogP contribution in [-0.2, 0) is 10.4 Å². The molecule has 2 aromatic carbocycles. The van der Waals surface area contributed by atoms with E-state index in [1.54, 1.807) is 55.5 Å². The first-order chi connectivity index (χ1) is 11.3. The minimum atomic E-state index is -1.81. The maximum Gasteiger partial charge on any atom is 0.261 e. The molecule has 128 valence electrons. The van der Waals surface area contributed by atoms with Crippen LogP contribution in [0.15, 0.2) is 60.7 Å². The van der Waals surface area contributed by atoms with Crippen LogP contribution in [0.25, 0.3) is 0 Å². The van der Waals surface area contributed by atoms with Crippen molar-refractivity contribution in [2.75, 3.05) is 6.54 Å². The number of hydrogen-bond donors (Lipinski definition) is 3. The molecule has 1 atom stereocenters. The maximum absolute atomic E-state index is 12.9. The molecule has 1 unspecified atom stereocenters. The molecular formula is C20H25NO3. The summed E-state index contributed by atoms with van der Waals surface area (Å²) < 4.78 is 0. The molecule has 1 amide bonds. The van der Waals surface area contributed by atoms with Crippen LogP contribution in [0, 0.1) is 5.92 Å². The molecule has 0 bridgehead atoms. The van der Waals surface area contributed by atoms with Crippen molar-refractivity contribution in [3.8, 4) is 0 Å². The molecule has 0 heterocycles. The molecule has 0 aliphatic carbocycles. The van der Waals surface area contributed by atoms with E-state index < -0.39 is 17.1 Å². The predicted octanol–water partition coefficient (Wildman–Crippen LogP) is 2.45. The summed E-state index contributed by atoms with van der Waals surface area (Å²) in [6.07, 6.45) is 0. The first kappa shape index (κ1) is 18.2. The molecular weight excluding hydrogens is 302 g/mol. The summed E-state index contributed by atoms with van der Waals surface area (Å²) in [6, 6.07) is 17.6. The second-order valence-corrected chi connectivity index (χ2v) is 6.64. The molecule has 0 saturated carbocycles. The fourth-order valence-corrected chi connectivity index (χ4v) is 2.38. The minimum absolute atomic E-state index is 0.0284. The third-order valence-corrected chi connectivity index (χ3v) is 4.56. The summed E-state index contributed by atoms with van der Waals surface area (Å²) in [5, 5.41) is 24.3. The number of carbonyl (C=O) groups excluding carboxylic acids is 1. The van der Waals surface area contributed by atoms with E-state index in [2.05, 4.69) is 5.32 Å². The molecule has 0 aliphatic rings. The van der Waals surface area contributed by atoms with Crippen molar-refractivity contribution in [2.24, 2.45) is 5.92 Å². The van der Waals surface area contributed by atoms with Crippen molar-refractivity contribution in [3.05, 3.63) is 71.8 Å². The molecule has 0 saturated heterocycles. The first-order valence-corrected chi connectivity index (χ1v) is 8.12. The Balaban J connectivity index is 2.36. The maximum atomic E-state index is 12.9. The Bertz CT molecular complexity index is 626. The number of carbonyl (C=O) groups is 1. The van der Waals surface area contributed by atoms with Gasteiger partial charge >= 0.3 is 0 Å². The Labute approximate surface area is 143 Å². The lowest BCUT2D eigenvalue weighted by Crippen LogP contribution is -2.51. The summed E-state index contributed by atoms with van der Waals surface area (Å²) in [7, 11) is 0. The van der Waals surface area contributed by atoms with Crippen molar-refractivity contribution >= 4 is 5.91 Å². The highest BCUT2D eigenvalue weighted by molar-refractivity contribution is 5.90. The highest BCUT2D eigenvalue weighted by atomic mass is 16.3. The van der Waals surface area contributed by atoms with Crippen LogP contribution in [0.1, 0.15) is 31.9 Å². The van der Waals surface area contributed by atoms with Gasteiger partial charge in [-0.2, -0.15) is 0 Å². The number of rotatable bonds is 6. The number of nitrogens with one attached hydrogen (secondary N) is 1. The summed E-state index contributed by atoms with van der Waals surface area (Å²) in [5.41, 5.74) is -1.89.